The quantitative estimate of drug-likeness (QED) is 0.627. The van der Waals surface area contributed by atoms with Crippen LogP contribution in [0.25, 0.3) is 0 Å². The van der Waals surface area contributed by atoms with Crippen LogP contribution in [0.1, 0.15) is 13.8 Å². The second-order valence-corrected chi connectivity index (χ2v) is 1.15. The highest BCUT2D eigenvalue weighted by Gasteiger charge is 1.57. The van der Waals surface area contributed by atoms with Crippen molar-refractivity contribution in [1.29, 1.82) is 0 Å². The second kappa shape index (κ2) is 32.1. The smallest absolute Gasteiger partial charge is 0.0319 e. The highest BCUT2D eigenvalue weighted by molar-refractivity contribution is 4.99. The molecule has 2 nitrogen and oxygen atoms in total. The lowest BCUT2D eigenvalue weighted by molar-refractivity contribution is 0.399. The summed E-state index contributed by atoms with van der Waals surface area (Å²) in [6.07, 6.45) is 0. The largest absolute Gasteiger partial charge is 0.400 e. The summed E-state index contributed by atoms with van der Waals surface area (Å²) in [7, 11) is 2.00. The zero-order chi connectivity index (χ0) is 10.2. The van der Waals surface area contributed by atoms with Crippen molar-refractivity contribution < 1.29 is 10.2 Å². The van der Waals surface area contributed by atoms with Gasteiger partial charge < -0.3 is 10.2 Å². The molecule has 0 saturated carbocycles. The lowest BCUT2D eigenvalue weighted by Gasteiger charge is -1.69. The second-order valence-electron chi connectivity index (χ2n) is 1.15. The van der Waals surface area contributed by atoms with Crippen molar-refractivity contribution in [3.63, 3.8) is 0 Å². The average molecular weight is 172 g/mol. The van der Waals surface area contributed by atoms with Crippen molar-refractivity contribution in [2.24, 2.45) is 0 Å². The number of hydrogen-bond acceptors (Lipinski definition) is 2. The molecule has 2 N–H and O–H groups in total. The van der Waals surface area contributed by atoms with E-state index in [0.29, 0.717) is 0 Å². The molecule has 1 aromatic carbocycles. The van der Waals surface area contributed by atoms with E-state index in [0.717, 1.165) is 14.2 Å². The number of aliphatic hydroxyl groups is 2. The number of rotatable bonds is 0. The summed E-state index contributed by atoms with van der Waals surface area (Å²) in [5.41, 5.74) is 0. The molecule has 0 saturated heterocycles. The van der Waals surface area contributed by atoms with E-state index < -0.39 is 0 Å². The minimum absolute atomic E-state index is 1.00. The van der Waals surface area contributed by atoms with E-state index in [-0.39, 0.29) is 0 Å². The van der Waals surface area contributed by atoms with E-state index in [1.165, 1.54) is 0 Å². The van der Waals surface area contributed by atoms with Crippen LogP contribution in [0.4, 0.5) is 0 Å². The maximum Gasteiger partial charge on any atom is 0.0319 e. The Morgan fingerprint density at radius 2 is 0.583 bits per heavy atom. The molecule has 0 heterocycles. The Kier molecular flexibility index (Phi) is 46.2. The third-order valence-corrected chi connectivity index (χ3v) is 0.667. The molecule has 0 spiro atoms. The molecule has 0 amide bonds. The first-order chi connectivity index (χ1) is 6.00. The predicted octanol–water partition coefficient (Wildman–Crippen LogP) is 1.93. The van der Waals surface area contributed by atoms with Crippen LogP contribution in [0.3, 0.4) is 0 Å². The van der Waals surface area contributed by atoms with Crippen LogP contribution in [0.2, 0.25) is 0 Å². The SMILES string of the molecule is CC.CO.CO.c1ccccc1. The summed E-state index contributed by atoms with van der Waals surface area (Å²) < 4.78 is 0. The lowest BCUT2D eigenvalue weighted by atomic mass is 10.4. The van der Waals surface area contributed by atoms with E-state index in [1.807, 2.05) is 50.2 Å². The van der Waals surface area contributed by atoms with Crippen LogP contribution >= 0.6 is 0 Å². The molecule has 1 aromatic rings. The van der Waals surface area contributed by atoms with Gasteiger partial charge in [0.15, 0.2) is 0 Å². The fourth-order valence-electron chi connectivity index (χ4n) is 0.385. The van der Waals surface area contributed by atoms with Gasteiger partial charge in [0.1, 0.15) is 0 Å². The van der Waals surface area contributed by atoms with Crippen LogP contribution < -0.4 is 0 Å². The van der Waals surface area contributed by atoms with Gasteiger partial charge in [0.25, 0.3) is 0 Å². The maximum atomic E-state index is 7.00. The molecule has 0 aliphatic carbocycles. The molecule has 0 atom stereocenters. The summed E-state index contributed by atoms with van der Waals surface area (Å²) in [6.45, 7) is 4.00. The van der Waals surface area contributed by atoms with Crippen LogP contribution in [0.15, 0.2) is 36.4 Å². The summed E-state index contributed by atoms with van der Waals surface area (Å²) in [4.78, 5) is 0. The van der Waals surface area contributed by atoms with Gasteiger partial charge in [0.05, 0.1) is 0 Å². The van der Waals surface area contributed by atoms with Crippen molar-refractivity contribution in [1.82, 2.24) is 0 Å². The van der Waals surface area contributed by atoms with E-state index >= 15 is 0 Å². The van der Waals surface area contributed by atoms with E-state index in [1.54, 1.807) is 0 Å². The Morgan fingerprint density at radius 1 is 0.500 bits per heavy atom. The molecule has 0 aliphatic heterocycles. The third kappa shape index (κ3) is 22.9. The fourth-order valence-corrected chi connectivity index (χ4v) is 0.385. The zero-order valence-electron chi connectivity index (χ0n) is 8.36. The predicted molar refractivity (Wildman–Crippen MR) is 54.1 cm³/mol. The molecule has 72 valence electrons. The van der Waals surface area contributed by atoms with E-state index in [4.69, 9.17) is 10.2 Å². The van der Waals surface area contributed by atoms with Crippen molar-refractivity contribution >= 4 is 0 Å². The Balaban J connectivity index is -0.000000117. The first-order valence-electron chi connectivity index (χ1n) is 3.89. The minimum Gasteiger partial charge on any atom is -0.400 e. The van der Waals surface area contributed by atoms with Gasteiger partial charge >= 0.3 is 0 Å². The van der Waals surface area contributed by atoms with E-state index in [9.17, 15) is 0 Å². The molecule has 12 heavy (non-hydrogen) atoms. The minimum atomic E-state index is 1.00. The molecular formula is C10H20O2. The molecule has 0 aromatic heterocycles. The van der Waals surface area contributed by atoms with Crippen LogP contribution in [-0.4, -0.2) is 24.4 Å². The molecule has 0 fully saturated rings. The Hall–Kier alpha value is -0.860. The molecule has 0 radical (unpaired) electrons. The van der Waals surface area contributed by atoms with Gasteiger partial charge in [-0.1, -0.05) is 50.2 Å². The zero-order valence-corrected chi connectivity index (χ0v) is 8.36. The summed E-state index contributed by atoms with van der Waals surface area (Å²) in [6, 6.07) is 12.0. The Labute approximate surface area is 75.5 Å². The van der Waals surface area contributed by atoms with E-state index in [2.05, 4.69) is 0 Å². The summed E-state index contributed by atoms with van der Waals surface area (Å²) >= 11 is 0. The maximum absolute atomic E-state index is 7.00. The Bertz CT molecular complexity index is 79.8. The lowest BCUT2D eigenvalue weighted by Crippen LogP contribution is -1.47. The van der Waals surface area contributed by atoms with Crippen molar-refractivity contribution in [2.45, 2.75) is 13.8 Å². The van der Waals surface area contributed by atoms with Gasteiger partial charge in [-0.25, -0.2) is 0 Å². The summed E-state index contributed by atoms with van der Waals surface area (Å²) in [5.74, 6) is 0. The molecular weight excluding hydrogens is 152 g/mol. The fraction of sp³-hybridized carbons (Fsp3) is 0.400. The first kappa shape index (κ1) is 17.3. The number of aliphatic hydroxyl groups excluding tert-OH is 2. The van der Waals surface area contributed by atoms with Gasteiger partial charge in [-0.2, -0.15) is 0 Å². The number of benzene rings is 1. The highest BCUT2D eigenvalue weighted by atomic mass is 16.2. The van der Waals surface area contributed by atoms with Gasteiger partial charge in [-0.05, 0) is 0 Å². The first-order valence-corrected chi connectivity index (χ1v) is 3.89. The molecule has 0 aliphatic rings. The van der Waals surface area contributed by atoms with Crippen molar-refractivity contribution in [3.05, 3.63) is 36.4 Å². The molecule has 0 bridgehead atoms. The van der Waals surface area contributed by atoms with Gasteiger partial charge in [-0.3, -0.25) is 0 Å². The molecule has 0 unspecified atom stereocenters. The monoisotopic (exact) mass is 172 g/mol. The van der Waals surface area contributed by atoms with Crippen molar-refractivity contribution in [2.75, 3.05) is 14.2 Å². The van der Waals surface area contributed by atoms with Gasteiger partial charge in [0.2, 0.25) is 0 Å². The van der Waals surface area contributed by atoms with Crippen LogP contribution in [0.5, 0.6) is 0 Å². The summed E-state index contributed by atoms with van der Waals surface area (Å²) in [5, 5.41) is 14.0. The van der Waals surface area contributed by atoms with Crippen LogP contribution in [0, 0.1) is 0 Å². The normalized spacial score (nSPS) is 5.50. The van der Waals surface area contributed by atoms with Gasteiger partial charge in [-0.15, -0.1) is 0 Å². The van der Waals surface area contributed by atoms with Crippen LogP contribution in [-0.2, 0) is 0 Å². The number of hydrogen-bond donors (Lipinski definition) is 2. The molecule has 2 heteroatoms. The highest BCUT2D eigenvalue weighted by Crippen LogP contribution is 1.79. The third-order valence-electron chi connectivity index (χ3n) is 0.667. The van der Waals surface area contributed by atoms with Crippen molar-refractivity contribution in [3.8, 4) is 0 Å². The molecule has 1 rings (SSSR count). The standard InChI is InChI=1S/C6H6.C2H6.2CH4O/c1-2-4-6-5-3-1;3*1-2/h1-6H;1-2H3;2*2H,1H3. The Morgan fingerprint density at radius 3 is 0.667 bits per heavy atom. The topological polar surface area (TPSA) is 40.5 Å². The average Bonchev–Trinajstić information content (AvgIpc) is 2.29. The van der Waals surface area contributed by atoms with Gasteiger partial charge in [0, 0.05) is 14.2 Å².